The zero-order valence-electron chi connectivity index (χ0n) is 11.3. The Bertz CT molecular complexity index is 787. The van der Waals surface area contributed by atoms with Gasteiger partial charge in [-0.1, -0.05) is 30.3 Å². The molecule has 3 aromatic rings. The van der Waals surface area contributed by atoms with Gasteiger partial charge in [0.25, 0.3) is 0 Å². The summed E-state index contributed by atoms with van der Waals surface area (Å²) >= 11 is 0. The molecular formula is C17H16N2O. The molecule has 0 saturated heterocycles. The summed E-state index contributed by atoms with van der Waals surface area (Å²) in [4.78, 5) is 11.3. The molecule has 20 heavy (non-hydrogen) atoms. The third-order valence-corrected chi connectivity index (χ3v) is 3.57. The summed E-state index contributed by atoms with van der Waals surface area (Å²) in [5.41, 5.74) is 9.37. The molecule has 0 saturated carbocycles. The molecule has 0 radical (unpaired) electrons. The molecular weight excluding hydrogens is 248 g/mol. The summed E-state index contributed by atoms with van der Waals surface area (Å²) in [6.45, 7) is 2.83. The van der Waals surface area contributed by atoms with Gasteiger partial charge < -0.3 is 10.3 Å². The van der Waals surface area contributed by atoms with E-state index >= 15 is 0 Å². The van der Waals surface area contributed by atoms with Crippen LogP contribution < -0.4 is 5.73 Å². The van der Waals surface area contributed by atoms with E-state index in [0.717, 1.165) is 12.1 Å². The van der Waals surface area contributed by atoms with Crippen molar-refractivity contribution in [1.29, 1.82) is 0 Å². The van der Waals surface area contributed by atoms with E-state index in [1.54, 1.807) is 6.07 Å². The molecule has 3 rings (SSSR count). The van der Waals surface area contributed by atoms with Gasteiger partial charge in [-0.15, -0.1) is 0 Å². The molecule has 100 valence electrons. The number of amides is 1. The van der Waals surface area contributed by atoms with E-state index in [2.05, 4.69) is 29.7 Å². The van der Waals surface area contributed by atoms with Gasteiger partial charge in [0, 0.05) is 23.3 Å². The topological polar surface area (TPSA) is 48.0 Å². The summed E-state index contributed by atoms with van der Waals surface area (Å²) in [5.74, 6) is -0.388. The zero-order valence-corrected chi connectivity index (χ0v) is 11.3. The largest absolute Gasteiger partial charge is 0.366 e. The molecule has 0 unspecified atom stereocenters. The van der Waals surface area contributed by atoms with Crippen molar-refractivity contribution in [3.63, 3.8) is 0 Å². The monoisotopic (exact) mass is 264 g/mol. The van der Waals surface area contributed by atoms with Gasteiger partial charge in [-0.2, -0.15) is 0 Å². The SMILES string of the molecule is Cc1cc2ccccc2n1Cc1cccc(C(N)=O)c1. The van der Waals surface area contributed by atoms with E-state index in [9.17, 15) is 4.79 Å². The number of fused-ring (bicyclic) bond motifs is 1. The summed E-state index contributed by atoms with van der Waals surface area (Å²) in [6.07, 6.45) is 0. The van der Waals surface area contributed by atoms with Crippen LogP contribution >= 0.6 is 0 Å². The van der Waals surface area contributed by atoms with Crippen LogP contribution in [0.15, 0.2) is 54.6 Å². The Morgan fingerprint density at radius 1 is 1.10 bits per heavy atom. The van der Waals surface area contributed by atoms with Crippen molar-refractivity contribution >= 4 is 16.8 Å². The summed E-state index contributed by atoms with van der Waals surface area (Å²) in [7, 11) is 0. The lowest BCUT2D eigenvalue weighted by molar-refractivity contribution is 0.1000. The van der Waals surface area contributed by atoms with Gasteiger partial charge in [0.1, 0.15) is 0 Å². The fourth-order valence-electron chi connectivity index (χ4n) is 2.56. The van der Waals surface area contributed by atoms with Gasteiger partial charge in [0.15, 0.2) is 0 Å². The highest BCUT2D eigenvalue weighted by molar-refractivity contribution is 5.92. The van der Waals surface area contributed by atoms with Crippen LogP contribution in [0.4, 0.5) is 0 Å². The minimum absolute atomic E-state index is 0.388. The predicted octanol–water partition coefficient (Wildman–Crippen LogP) is 3.10. The van der Waals surface area contributed by atoms with Crippen LogP contribution in [0.2, 0.25) is 0 Å². The second-order valence-electron chi connectivity index (χ2n) is 5.00. The van der Waals surface area contributed by atoms with Crippen LogP contribution in [0.5, 0.6) is 0 Å². The number of rotatable bonds is 3. The molecule has 1 amide bonds. The maximum Gasteiger partial charge on any atom is 0.248 e. The zero-order chi connectivity index (χ0) is 14.1. The summed E-state index contributed by atoms with van der Waals surface area (Å²) in [6, 6.07) is 18.0. The lowest BCUT2D eigenvalue weighted by Gasteiger charge is -2.09. The molecule has 0 aliphatic rings. The van der Waals surface area contributed by atoms with Crippen molar-refractivity contribution in [2.75, 3.05) is 0 Å². The van der Waals surface area contributed by atoms with Crippen LogP contribution in [0.25, 0.3) is 10.9 Å². The number of carbonyl (C=O) groups excluding carboxylic acids is 1. The molecule has 0 aliphatic carbocycles. The second-order valence-corrected chi connectivity index (χ2v) is 5.00. The molecule has 0 bridgehead atoms. The van der Waals surface area contributed by atoms with E-state index in [1.807, 2.05) is 30.3 Å². The first kappa shape index (κ1) is 12.5. The van der Waals surface area contributed by atoms with Gasteiger partial charge in [0.05, 0.1) is 0 Å². The van der Waals surface area contributed by atoms with Crippen LogP contribution in [0.3, 0.4) is 0 Å². The maximum atomic E-state index is 11.3. The normalized spacial score (nSPS) is 10.8. The predicted molar refractivity (Wildman–Crippen MR) is 80.7 cm³/mol. The number of nitrogens with two attached hydrogens (primary N) is 1. The van der Waals surface area contributed by atoms with Crippen LogP contribution in [-0.2, 0) is 6.54 Å². The minimum Gasteiger partial charge on any atom is -0.366 e. The average Bonchev–Trinajstić information content (AvgIpc) is 2.76. The van der Waals surface area contributed by atoms with Gasteiger partial charge in [-0.3, -0.25) is 4.79 Å². The number of carbonyl (C=O) groups is 1. The molecule has 2 aromatic carbocycles. The van der Waals surface area contributed by atoms with Crippen molar-refractivity contribution in [1.82, 2.24) is 4.57 Å². The number of benzene rings is 2. The Hall–Kier alpha value is -2.55. The van der Waals surface area contributed by atoms with E-state index < -0.39 is 0 Å². The van der Waals surface area contributed by atoms with Gasteiger partial charge >= 0.3 is 0 Å². The van der Waals surface area contributed by atoms with E-state index in [-0.39, 0.29) is 5.91 Å². The Balaban J connectivity index is 2.03. The first-order chi connectivity index (χ1) is 9.65. The molecule has 3 heteroatoms. The van der Waals surface area contributed by atoms with Crippen molar-refractivity contribution in [3.8, 4) is 0 Å². The highest BCUT2D eigenvalue weighted by Gasteiger charge is 2.07. The molecule has 0 spiro atoms. The van der Waals surface area contributed by atoms with Crippen molar-refractivity contribution < 1.29 is 4.79 Å². The third kappa shape index (κ3) is 2.18. The van der Waals surface area contributed by atoms with Gasteiger partial charge in [-0.05, 0) is 42.1 Å². The van der Waals surface area contributed by atoms with Gasteiger partial charge in [0.2, 0.25) is 5.91 Å². The molecule has 0 fully saturated rings. The average molecular weight is 264 g/mol. The molecule has 0 aliphatic heterocycles. The van der Waals surface area contributed by atoms with Crippen molar-refractivity contribution in [2.45, 2.75) is 13.5 Å². The first-order valence-electron chi connectivity index (χ1n) is 6.59. The number of hydrogen-bond acceptors (Lipinski definition) is 1. The third-order valence-electron chi connectivity index (χ3n) is 3.57. The minimum atomic E-state index is -0.388. The summed E-state index contributed by atoms with van der Waals surface area (Å²) < 4.78 is 2.25. The second kappa shape index (κ2) is 4.85. The van der Waals surface area contributed by atoms with Crippen LogP contribution in [-0.4, -0.2) is 10.5 Å². The van der Waals surface area contributed by atoms with E-state index in [0.29, 0.717) is 5.56 Å². The standard InChI is InChI=1S/C17H16N2O/c1-12-9-14-6-2-3-8-16(14)19(12)11-13-5-4-7-15(10-13)17(18)20/h2-10H,11H2,1H3,(H2,18,20). The fraction of sp³-hybridized carbons (Fsp3) is 0.118. The van der Waals surface area contributed by atoms with E-state index in [4.69, 9.17) is 5.73 Å². The lowest BCUT2D eigenvalue weighted by atomic mass is 10.1. The van der Waals surface area contributed by atoms with Crippen LogP contribution in [0.1, 0.15) is 21.6 Å². The number of primary amides is 1. The highest BCUT2D eigenvalue weighted by Crippen LogP contribution is 2.20. The first-order valence-corrected chi connectivity index (χ1v) is 6.59. The maximum absolute atomic E-state index is 11.3. The molecule has 1 aromatic heterocycles. The number of aryl methyl sites for hydroxylation is 1. The van der Waals surface area contributed by atoms with Crippen molar-refractivity contribution in [2.24, 2.45) is 5.73 Å². The summed E-state index contributed by atoms with van der Waals surface area (Å²) in [5, 5.41) is 1.23. The van der Waals surface area contributed by atoms with Gasteiger partial charge in [-0.25, -0.2) is 0 Å². The Labute approximate surface area is 117 Å². The Morgan fingerprint density at radius 3 is 2.70 bits per heavy atom. The fourth-order valence-corrected chi connectivity index (χ4v) is 2.56. The molecule has 2 N–H and O–H groups in total. The number of aromatic nitrogens is 1. The Morgan fingerprint density at radius 2 is 1.90 bits per heavy atom. The highest BCUT2D eigenvalue weighted by atomic mass is 16.1. The van der Waals surface area contributed by atoms with Crippen LogP contribution in [0, 0.1) is 6.92 Å². The lowest BCUT2D eigenvalue weighted by Crippen LogP contribution is -2.11. The number of para-hydroxylation sites is 1. The Kier molecular flexibility index (Phi) is 3.03. The quantitative estimate of drug-likeness (QED) is 0.776. The molecule has 1 heterocycles. The number of hydrogen-bond donors (Lipinski definition) is 1. The van der Waals surface area contributed by atoms with E-state index in [1.165, 1.54) is 16.6 Å². The molecule has 0 atom stereocenters. The molecule has 3 nitrogen and oxygen atoms in total. The van der Waals surface area contributed by atoms with Crippen molar-refractivity contribution in [3.05, 3.63) is 71.4 Å². The smallest absolute Gasteiger partial charge is 0.248 e. The number of nitrogens with zero attached hydrogens (tertiary/aromatic N) is 1.